The summed E-state index contributed by atoms with van der Waals surface area (Å²) in [5.74, 6) is -0.804. The second kappa shape index (κ2) is 7.47. The molecule has 0 saturated heterocycles. The molecular weight excluding hydrogens is 341 g/mol. The number of thiophene rings is 1. The average Bonchev–Trinajstić information content (AvgIpc) is 2.95. The highest BCUT2D eigenvalue weighted by Crippen LogP contribution is 2.33. The minimum absolute atomic E-state index is 0. The first-order valence-electron chi connectivity index (χ1n) is 8.12. The van der Waals surface area contributed by atoms with Crippen molar-refractivity contribution in [2.75, 3.05) is 13.6 Å². The summed E-state index contributed by atoms with van der Waals surface area (Å²) in [6.07, 6.45) is 0.814. The summed E-state index contributed by atoms with van der Waals surface area (Å²) in [6.45, 7) is 1.20. The smallest absolute Gasteiger partial charge is 0.327 e. The summed E-state index contributed by atoms with van der Waals surface area (Å²) < 4.78 is 26.4. The van der Waals surface area contributed by atoms with Gasteiger partial charge in [-0.3, -0.25) is 4.90 Å². The van der Waals surface area contributed by atoms with Crippen LogP contribution in [0.15, 0.2) is 35.7 Å². The molecule has 1 aliphatic heterocycles. The molecule has 0 spiro atoms. The molecule has 1 aliphatic rings. The number of nitrogens with zero attached hydrogens (tertiary/aromatic N) is 1. The second-order valence-corrected chi connectivity index (χ2v) is 6.34. The molecule has 0 amide bonds. The molecule has 118 valence electrons. The maximum atomic E-state index is 12.6. The Labute approximate surface area is 149 Å². The Hall–Kier alpha value is -1.07. The third-order valence-electron chi connectivity index (χ3n) is 3.73. The van der Waals surface area contributed by atoms with Crippen molar-refractivity contribution in [2.45, 2.75) is 19.0 Å². The first kappa shape index (κ1) is 13.4. The van der Waals surface area contributed by atoms with E-state index in [0.29, 0.717) is 23.7 Å². The molecule has 0 unspecified atom stereocenters. The van der Waals surface area contributed by atoms with Gasteiger partial charge in [-0.05, 0) is 35.1 Å². The normalized spacial score (nSPS) is 18.1. The van der Waals surface area contributed by atoms with Crippen LogP contribution in [0.2, 0.25) is 5.02 Å². The van der Waals surface area contributed by atoms with Gasteiger partial charge in [-0.1, -0.05) is 29.8 Å². The third-order valence-corrected chi connectivity index (χ3v) is 5.09. The van der Waals surface area contributed by atoms with Gasteiger partial charge in [-0.2, -0.15) is 0 Å². The summed E-state index contributed by atoms with van der Waals surface area (Å²) in [5.41, 5.74) is 1.72. The topological polar surface area (TPSA) is 29.5 Å². The van der Waals surface area contributed by atoms with Gasteiger partial charge in [0.2, 0.25) is 0 Å². The first-order chi connectivity index (χ1) is 11.3. The van der Waals surface area contributed by atoms with Crippen molar-refractivity contribution in [1.29, 1.82) is 0 Å². The van der Waals surface area contributed by atoms with Gasteiger partial charge < -0.3 is 4.74 Å². The van der Waals surface area contributed by atoms with Gasteiger partial charge in [0.05, 0.1) is 11.2 Å². The Bertz CT molecular complexity index is 751. The molecule has 0 fully saturated rings. The van der Waals surface area contributed by atoms with Crippen LogP contribution in [-0.4, -0.2) is 24.5 Å². The zero-order valence-electron chi connectivity index (χ0n) is 14.6. The minimum Gasteiger partial charge on any atom is -0.468 e. The summed E-state index contributed by atoms with van der Waals surface area (Å²) in [5, 5.41) is 2.44. The lowest BCUT2D eigenvalue weighted by atomic mass is 10.0. The van der Waals surface area contributed by atoms with Gasteiger partial charge >= 0.3 is 5.97 Å². The zero-order valence-corrected chi connectivity index (χ0v) is 14.0. The van der Waals surface area contributed by atoms with Crippen LogP contribution < -0.4 is 0 Å². The highest BCUT2D eigenvalue weighted by Gasteiger charge is 2.32. The number of halogens is 2. The van der Waals surface area contributed by atoms with Crippen molar-refractivity contribution in [3.05, 3.63) is 56.7 Å². The van der Waals surface area contributed by atoms with Crippen LogP contribution >= 0.6 is 35.3 Å². The van der Waals surface area contributed by atoms with Crippen molar-refractivity contribution >= 4 is 41.3 Å². The lowest BCUT2D eigenvalue weighted by Crippen LogP contribution is -2.38. The van der Waals surface area contributed by atoms with E-state index in [1.165, 1.54) is 4.88 Å². The number of methoxy groups -OCH3 is 1. The minimum atomic E-state index is -2.78. The summed E-state index contributed by atoms with van der Waals surface area (Å²) in [4.78, 5) is 15.8. The number of ether oxygens (including phenoxy) is 1. The van der Waals surface area contributed by atoms with Crippen LogP contribution in [0.3, 0.4) is 0 Å². The highest BCUT2D eigenvalue weighted by atomic mass is 35.5. The van der Waals surface area contributed by atoms with Crippen LogP contribution in [0.25, 0.3) is 0 Å². The molecule has 0 saturated carbocycles. The predicted octanol–water partition coefficient (Wildman–Crippen LogP) is 4.10. The number of fused-ring (bicyclic) bond motifs is 1. The van der Waals surface area contributed by atoms with E-state index in [2.05, 4.69) is 0 Å². The van der Waals surface area contributed by atoms with E-state index in [4.69, 9.17) is 20.5 Å². The van der Waals surface area contributed by atoms with Crippen molar-refractivity contribution in [2.24, 2.45) is 0 Å². The fourth-order valence-corrected chi connectivity index (χ4v) is 3.84. The summed E-state index contributed by atoms with van der Waals surface area (Å²) in [6, 6.07) is 8.16. The number of rotatable bonds is 3. The number of benzene rings is 1. The van der Waals surface area contributed by atoms with Crippen LogP contribution in [0.4, 0.5) is 0 Å². The zero-order chi connectivity index (χ0) is 17.3. The highest BCUT2D eigenvalue weighted by molar-refractivity contribution is 7.10. The Balaban J connectivity index is 0.00000225. The number of hydrogen-bond donors (Lipinski definition) is 0. The molecule has 3 rings (SSSR count). The Morgan fingerprint density at radius 3 is 3.05 bits per heavy atom. The van der Waals surface area contributed by atoms with E-state index >= 15 is 0 Å². The van der Waals surface area contributed by atoms with Crippen molar-refractivity contribution in [3.63, 3.8) is 0 Å². The molecule has 1 atom stereocenters. The fraction of sp³-hybridized carbons (Fsp3) is 0.312. The molecule has 2 heterocycles. The van der Waals surface area contributed by atoms with Crippen molar-refractivity contribution in [1.82, 2.24) is 4.90 Å². The largest absolute Gasteiger partial charge is 0.468 e. The van der Waals surface area contributed by atoms with Gasteiger partial charge in [-0.25, -0.2) is 4.79 Å². The Kier molecular flexibility index (Phi) is 4.54. The van der Waals surface area contributed by atoms with Gasteiger partial charge in [0.25, 0.3) is 0 Å². The SMILES string of the molecule is Cl.[2H]C([2H])([2H])OC(=O)[C@H](c1ccccc1Cl)N1CCc2sccc2C1. The molecule has 22 heavy (non-hydrogen) atoms. The van der Waals surface area contributed by atoms with E-state index in [9.17, 15) is 4.79 Å². The monoisotopic (exact) mass is 360 g/mol. The van der Waals surface area contributed by atoms with E-state index in [-0.39, 0.29) is 12.4 Å². The molecule has 0 aliphatic carbocycles. The quantitative estimate of drug-likeness (QED) is 0.771. The van der Waals surface area contributed by atoms with Crippen molar-refractivity contribution in [3.8, 4) is 0 Å². The molecule has 6 heteroatoms. The average molecular weight is 361 g/mol. The number of esters is 1. The van der Waals surface area contributed by atoms with Gasteiger partial charge in [0, 0.05) is 23.0 Å². The van der Waals surface area contributed by atoms with E-state index in [0.717, 1.165) is 12.0 Å². The van der Waals surface area contributed by atoms with Crippen molar-refractivity contribution < 1.29 is 13.6 Å². The van der Waals surface area contributed by atoms with Crippen LogP contribution in [0, 0.1) is 0 Å². The molecule has 0 bridgehead atoms. The molecule has 1 aromatic carbocycles. The van der Waals surface area contributed by atoms with Crippen LogP contribution in [-0.2, 0) is 22.5 Å². The molecule has 0 N–H and O–H groups in total. The Morgan fingerprint density at radius 2 is 2.27 bits per heavy atom. The molecule has 2 aromatic rings. The van der Waals surface area contributed by atoms with Crippen LogP contribution in [0.1, 0.15) is 26.2 Å². The lowest BCUT2D eigenvalue weighted by molar-refractivity contribution is -0.147. The summed E-state index contributed by atoms with van der Waals surface area (Å²) >= 11 is 7.96. The fourth-order valence-electron chi connectivity index (χ4n) is 2.72. The van der Waals surface area contributed by atoms with E-state index in [1.807, 2.05) is 16.3 Å². The van der Waals surface area contributed by atoms with E-state index < -0.39 is 19.0 Å². The number of carbonyl (C=O) groups is 1. The van der Waals surface area contributed by atoms with Gasteiger partial charge in [0.1, 0.15) is 6.04 Å². The third kappa shape index (κ3) is 3.30. The maximum absolute atomic E-state index is 12.6. The lowest BCUT2D eigenvalue weighted by Gasteiger charge is -2.33. The number of hydrogen-bond acceptors (Lipinski definition) is 4. The maximum Gasteiger partial charge on any atom is 0.327 e. The second-order valence-electron chi connectivity index (χ2n) is 4.93. The Morgan fingerprint density at radius 1 is 1.45 bits per heavy atom. The van der Waals surface area contributed by atoms with E-state index in [1.54, 1.807) is 35.6 Å². The van der Waals surface area contributed by atoms with Crippen LogP contribution in [0.5, 0.6) is 0 Å². The first-order valence-corrected chi connectivity index (χ1v) is 7.87. The van der Waals surface area contributed by atoms with Gasteiger partial charge in [-0.15, -0.1) is 23.7 Å². The number of carbonyl (C=O) groups excluding carboxylic acids is 1. The molecule has 3 nitrogen and oxygen atoms in total. The molecule has 0 radical (unpaired) electrons. The standard InChI is InChI=1S/C16H16ClNO2S.ClH/c1-20-16(19)15(12-4-2-3-5-13(12)17)18-8-6-14-11(10-18)7-9-21-14;/h2-5,7,9,15H,6,8,10H2,1H3;1H/t15-;/m0./s1/i1D3;. The van der Waals surface area contributed by atoms with Gasteiger partial charge in [0.15, 0.2) is 0 Å². The predicted molar refractivity (Wildman–Crippen MR) is 91.9 cm³/mol. The molecule has 1 aromatic heterocycles. The molecular formula is C16H17Cl2NO2S. The summed E-state index contributed by atoms with van der Waals surface area (Å²) in [7, 11) is -2.78.